The number of likely N-dealkylation sites (tertiary alicyclic amines) is 1. The fraction of sp³-hybridized carbons (Fsp3) is 0.474. The van der Waals surface area contributed by atoms with Crippen LogP contribution in [-0.4, -0.2) is 45.4 Å². The van der Waals surface area contributed by atoms with Gasteiger partial charge >= 0.3 is 0 Å². The summed E-state index contributed by atoms with van der Waals surface area (Å²) < 4.78 is 6.93. The molecule has 2 atom stereocenters. The number of ether oxygens (including phenoxy) is 1. The van der Waals surface area contributed by atoms with Crippen LogP contribution < -0.4 is 4.74 Å². The Hall–Kier alpha value is -2.34. The highest BCUT2D eigenvalue weighted by molar-refractivity contribution is 5.77. The summed E-state index contributed by atoms with van der Waals surface area (Å²) >= 11 is 0. The maximum absolute atomic E-state index is 12.7. The lowest BCUT2D eigenvalue weighted by Crippen LogP contribution is -2.48. The van der Waals surface area contributed by atoms with Crippen molar-refractivity contribution in [2.24, 2.45) is 0 Å². The molecule has 0 bridgehead atoms. The first-order valence-electron chi connectivity index (χ1n) is 8.66. The molecule has 25 heavy (non-hydrogen) atoms. The molecule has 6 heteroatoms. The monoisotopic (exact) mass is 343 g/mol. The zero-order valence-corrected chi connectivity index (χ0v) is 14.8. The van der Waals surface area contributed by atoms with E-state index >= 15 is 0 Å². The van der Waals surface area contributed by atoms with Crippen LogP contribution >= 0.6 is 0 Å². The number of amides is 1. The van der Waals surface area contributed by atoms with Crippen molar-refractivity contribution in [1.82, 2.24) is 14.7 Å². The highest BCUT2D eigenvalue weighted by Crippen LogP contribution is 2.35. The van der Waals surface area contributed by atoms with Gasteiger partial charge in [0, 0.05) is 31.9 Å². The average molecular weight is 343 g/mol. The molecule has 1 amide bonds. The molecule has 6 nitrogen and oxygen atoms in total. The molecule has 0 saturated carbocycles. The number of carbonyl (C=O) groups is 1. The second-order valence-electron chi connectivity index (χ2n) is 6.64. The number of hydrogen-bond acceptors (Lipinski definition) is 4. The maximum atomic E-state index is 12.7. The van der Waals surface area contributed by atoms with E-state index in [0.29, 0.717) is 19.5 Å². The van der Waals surface area contributed by atoms with E-state index in [2.05, 4.69) is 5.10 Å². The first-order valence-corrected chi connectivity index (χ1v) is 8.66. The molecule has 0 radical (unpaired) electrons. The number of benzene rings is 1. The Morgan fingerprint density at radius 3 is 2.80 bits per heavy atom. The van der Waals surface area contributed by atoms with E-state index < -0.39 is 5.60 Å². The third-order valence-corrected chi connectivity index (χ3v) is 5.01. The smallest absolute Gasteiger partial charge is 0.224 e. The van der Waals surface area contributed by atoms with Crippen molar-refractivity contribution in [3.63, 3.8) is 0 Å². The van der Waals surface area contributed by atoms with Crippen LogP contribution in [0, 0.1) is 0 Å². The van der Waals surface area contributed by atoms with Crippen LogP contribution in [0.5, 0.6) is 5.75 Å². The van der Waals surface area contributed by atoms with Gasteiger partial charge in [-0.05, 0) is 43.5 Å². The topological polar surface area (TPSA) is 67.6 Å². The van der Waals surface area contributed by atoms with Gasteiger partial charge in [0.15, 0.2) is 0 Å². The molecule has 2 aromatic rings. The van der Waals surface area contributed by atoms with E-state index in [0.717, 1.165) is 24.2 Å². The van der Waals surface area contributed by atoms with E-state index in [-0.39, 0.29) is 11.9 Å². The summed E-state index contributed by atoms with van der Waals surface area (Å²) in [5.74, 6) is 0.810. The molecular weight excluding hydrogens is 318 g/mol. The quantitative estimate of drug-likeness (QED) is 0.873. The van der Waals surface area contributed by atoms with Gasteiger partial charge in [0.25, 0.3) is 0 Å². The van der Waals surface area contributed by atoms with Gasteiger partial charge in [-0.3, -0.25) is 9.48 Å². The Labute approximate surface area is 148 Å². The van der Waals surface area contributed by atoms with Crippen molar-refractivity contribution in [2.45, 2.75) is 44.4 Å². The minimum absolute atomic E-state index is 0.0618. The Morgan fingerprint density at radius 1 is 1.40 bits per heavy atom. The molecular formula is C19H25N3O3. The fourth-order valence-electron chi connectivity index (χ4n) is 3.56. The molecule has 0 aliphatic carbocycles. The number of carbonyl (C=O) groups excluding carboxylic acids is 1. The van der Waals surface area contributed by atoms with Gasteiger partial charge in [0.1, 0.15) is 11.4 Å². The number of aliphatic hydroxyl groups is 1. The van der Waals surface area contributed by atoms with Crippen LogP contribution in [0.25, 0.3) is 0 Å². The van der Waals surface area contributed by atoms with Crippen molar-refractivity contribution in [3.05, 3.63) is 48.3 Å². The first-order chi connectivity index (χ1) is 12.0. The number of aryl methyl sites for hydroxylation is 1. The number of hydrogen-bond donors (Lipinski definition) is 1. The normalized spacial score (nSPS) is 19.6. The third-order valence-electron chi connectivity index (χ3n) is 5.01. The lowest BCUT2D eigenvalue weighted by atomic mass is 9.86. The molecule has 3 rings (SSSR count). The summed E-state index contributed by atoms with van der Waals surface area (Å²) in [6.45, 7) is 3.03. The molecule has 1 fully saturated rings. The fourth-order valence-corrected chi connectivity index (χ4v) is 3.56. The zero-order valence-electron chi connectivity index (χ0n) is 14.8. The average Bonchev–Trinajstić information content (AvgIpc) is 3.31. The number of rotatable bonds is 6. The minimum Gasteiger partial charge on any atom is -0.497 e. The van der Waals surface area contributed by atoms with E-state index in [1.807, 2.05) is 41.4 Å². The number of aromatic nitrogens is 2. The molecule has 1 aromatic heterocycles. The standard InChI is InChI=1S/C19H25N3O3/c1-19(24,15-6-8-16(25-2)9-7-15)17-5-3-13-22(17)18(23)10-14-21-12-4-11-20-21/h4,6-9,11-12,17,24H,3,5,10,13-14H2,1-2H3/t17-,19-/m1/s1. The Kier molecular flexibility index (Phi) is 5.08. The lowest BCUT2D eigenvalue weighted by molar-refractivity contribution is -0.138. The summed E-state index contributed by atoms with van der Waals surface area (Å²) in [4.78, 5) is 14.5. The van der Waals surface area contributed by atoms with Crippen molar-refractivity contribution >= 4 is 5.91 Å². The van der Waals surface area contributed by atoms with Crippen LogP contribution in [0.3, 0.4) is 0 Å². The summed E-state index contributed by atoms with van der Waals surface area (Å²) in [6, 6.07) is 9.03. The van der Waals surface area contributed by atoms with Gasteiger partial charge in [0.05, 0.1) is 13.2 Å². The molecule has 1 N–H and O–H groups in total. The van der Waals surface area contributed by atoms with Crippen molar-refractivity contribution < 1.29 is 14.6 Å². The SMILES string of the molecule is COc1ccc([C@@](C)(O)[C@H]2CCCN2C(=O)CCn2cccn2)cc1. The van der Waals surface area contributed by atoms with Crippen molar-refractivity contribution in [1.29, 1.82) is 0 Å². The largest absolute Gasteiger partial charge is 0.497 e. The molecule has 1 aromatic carbocycles. The molecule has 0 unspecified atom stereocenters. The van der Waals surface area contributed by atoms with E-state index in [1.165, 1.54) is 0 Å². The maximum Gasteiger partial charge on any atom is 0.224 e. The van der Waals surface area contributed by atoms with Crippen LogP contribution in [-0.2, 0) is 16.9 Å². The predicted molar refractivity (Wildman–Crippen MR) is 94.1 cm³/mol. The molecule has 1 saturated heterocycles. The van der Waals surface area contributed by atoms with E-state index in [4.69, 9.17) is 4.74 Å². The van der Waals surface area contributed by atoms with Gasteiger partial charge in [-0.15, -0.1) is 0 Å². The summed E-state index contributed by atoms with van der Waals surface area (Å²) in [5.41, 5.74) is -0.297. The van der Waals surface area contributed by atoms with E-state index in [1.54, 1.807) is 24.9 Å². The van der Waals surface area contributed by atoms with Crippen LogP contribution in [0.2, 0.25) is 0 Å². The summed E-state index contributed by atoms with van der Waals surface area (Å²) in [6.07, 6.45) is 5.65. The molecule has 134 valence electrons. The molecule has 2 heterocycles. The van der Waals surface area contributed by atoms with Gasteiger partial charge in [-0.1, -0.05) is 12.1 Å². The van der Waals surface area contributed by atoms with Gasteiger partial charge in [-0.25, -0.2) is 0 Å². The zero-order chi connectivity index (χ0) is 17.9. The second-order valence-corrected chi connectivity index (χ2v) is 6.64. The summed E-state index contributed by atoms with van der Waals surface area (Å²) in [7, 11) is 1.62. The Balaban J connectivity index is 1.71. The number of nitrogens with zero attached hydrogens (tertiary/aromatic N) is 3. The highest BCUT2D eigenvalue weighted by Gasteiger charge is 2.42. The van der Waals surface area contributed by atoms with Crippen LogP contribution in [0.4, 0.5) is 0 Å². The number of methoxy groups -OCH3 is 1. The second kappa shape index (κ2) is 7.27. The predicted octanol–water partition coefficient (Wildman–Crippen LogP) is 2.18. The molecule has 1 aliphatic heterocycles. The molecule has 1 aliphatic rings. The summed E-state index contributed by atoms with van der Waals surface area (Å²) in [5, 5.41) is 15.3. The lowest BCUT2D eigenvalue weighted by Gasteiger charge is -2.37. The Morgan fingerprint density at radius 2 is 2.16 bits per heavy atom. The minimum atomic E-state index is -1.09. The van der Waals surface area contributed by atoms with Crippen LogP contribution in [0.15, 0.2) is 42.7 Å². The van der Waals surface area contributed by atoms with E-state index in [9.17, 15) is 9.90 Å². The van der Waals surface area contributed by atoms with Gasteiger partial charge in [-0.2, -0.15) is 5.10 Å². The van der Waals surface area contributed by atoms with Crippen molar-refractivity contribution in [3.8, 4) is 5.75 Å². The first kappa shape index (κ1) is 17.5. The van der Waals surface area contributed by atoms with Crippen molar-refractivity contribution in [2.75, 3.05) is 13.7 Å². The third kappa shape index (κ3) is 3.69. The molecule has 0 spiro atoms. The Bertz CT molecular complexity index is 695. The highest BCUT2D eigenvalue weighted by atomic mass is 16.5. The van der Waals surface area contributed by atoms with Gasteiger partial charge < -0.3 is 14.7 Å². The van der Waals surface area contributed by atoms with Crippen LogP contribution in [0.1, 0.15) is 31.7 Å². The van der Waals surface area contributed by atoms with Gasteiger partial charge in [0.2, 0.25) is 5.91 Å².